The second-order valence-corrected chi connectivity index (χ2v) is 4.37. The molecule has 0 aliphatic heterocycles. The minimum Gasteiger partial charge on any atom is -0.462 e. The van der Waals surface area contributed by atoms with Crippen molar-refractivity contribution in [2.24, 2.45) is 0 Å². The average molecular weight is 312 g/mol. The molecule has 0 aliphatic carbocycles. The number of furan rings is 1. The number of nitro benzene ring substituents is 1. The predicted octanol–water partition coefficient (Wildman–Crippen LogP) is 3.32. The van der Waals surface area contributed by atoms with Gasteiger partial charge in [-0.2, -0.15) is 5.26 Å². The van der Waals surface area contributed by atoms with Gasteiger partial charge in [-0.05, 0) is 25.1 Å². The Balaban J connectivity index is 2.37. The molecule has 1 aromatic heterocycles. The normalized spacial score (nSPS) is 10.9. The van der Waals surface area contributed by atoms with Gasteiger partial charge < -0.3 is 9.15 Å². The fourth-order valence-corrected chi connectivity index (χ4v) is 1.90. The molecule has 0 unspecified atom stereocenters. The van der Waals surface area contributed by atoms with Gasteiger partial charge in [-0.3, -0.25) is 10.1 Å². The van der Waals surface area contributed by atoms with E-state index in [2.05, 4.69) is 0 Å². The number of carbonyl (C=O) groups excluding carboxylic acids is 1. The smallest absolute Gasteiger partial charge is 0.349 e. The molecule has 0 saturated heterocycles. The number of ether oxygens (including phenoxy) is 1. The van der Waals surface area contributed by atoms with Gasteiger partial charge in [-0.1, -0.05) is 12.1 Å². The number of esters is 1. The van der Waals surface area contributed by atoms with Gasteiger partial charge in [0.25, 0.3) is 5.69 Å². The van der Waals surface area contributed by atoms with Crippen molar-refractivity contribution >= 4 is 17.7 Å². The topological polar surface area (TPSA) is 106 Å². The minimum atomic E-state index is -0.751. The highest BCUT2D eigenvalue weighted by Gasteiger charge is 2.17. The van der Waals surface area contributed by atoms with Crippen molar-refractivity contribution in [3.63, 3.8) is 0 Å². The lowest BCUT2D eigenvalue weighted by Gasteiger charge is -1.99. The van der Waals surface area contributed by atoms with E-state index < -0.39 is 10.9 Å². The van der Waals surface area contributed by atoms with Crippen molar-refractivity contribution in [1.82, 2.24) is 0 Å². The first kappa shape index (κ1) is 16.0. The zero-order valence-electron chi connectivity index (χ0n) is 12.2. The molecule has 0 saturated carbocycles. The van der Waals surface area contributed by atoms with Crippen LogP contribution in [0.5, 0.6) is 0 Å². The highest BCUT2D eigenvalue weighted by molar-refractivity contribution is 5.97. The summed E-state index contributed by atoms with van der Waals surface area (Å²) in [7, 11) is 0. The Hall–Kier alpha value is -3.40. The summed E-state index contributed by atoms with van der Waals surface area (Å²) < 4.78 is 10.2. The first-order valence-corrected chi connectivity index (χ1v) is 6.69. The van der Waals surface area contributed by atoms with Crippen molar-refractivity contribution in [3.8, 4) is 17.4 Å². The summed E-state index contributed by atoms with van der Waals surface area (Å²) in [4.78, 5) is 22.1. The Kier molecular flexibility index (Phi) is 4.89. The minimum absolute atomic E-state index is 0.0942. The van der Waals surface area contributed by atoms with E-state index in [9.17, 15) is 14.9 Å². The molecule has 23 heavy (non-hydrogen) atoms. The first-order chi connectivity index (χ1) is 11.1. The van der Waals surface area contributed by atoms with Crippen LogP contribution in [-0.2, 0) is 9.53 Å². The molecule has 7 heteroatoms. The van der Waals surface area contributed by atoms with Crippen LogP contribution >= 0.6 is 0 Å². The Bertz CT molecular complexity index is 814. The largest absolute Gasteiger partial charge is 0.462 e. The van der Waals surface area contributed by atoms with E-state index in [0.717, 1.165) is 0 Å². The van der Waals surface area contributed by atoms with Gasteiger partial charge in [0, 0.05) is 12.1 Å². The maximum Gasteiger partial charge on any atom is 0.349 e. The van der Waals surface area contributed by atoms with Crippen molar-refractivity contribution < 1.29 is 18.9 Å². The fraction of sp³-hybridized carbons (Fsp3) is 0.125. The Morgan fingerprint density at radius 1 is 1.39 bits per heavy atom. The van der Waals surface area contributed by atoms with Gasteiger partial charge in [-0.25, -0.2) is 4.79 Å². The highest BCUT2D eigenvalue weighted by atomic mass is 16.6. The van der Waals surface area contributed by atoms with Crippen molar-refractivity contribution in [2.75, 3.05) is 6.61 Å². The fourth-order valence-electron chi connectivity index (χ4n) is 1.90. The molecule has 0 radical (unpaired) electrons. The van der Waals surface area contributed by atoms with E-state index in [1.807, 2.05) is 0 Å². The van der Waals surface area contributed by atoms with Gasteiger partial charge in [-0.15, -0.1) is 0 Å². The highest BCUT2D eigenvalue weighted by Crippen LogP contribution is 2.31. The summed E-state index contributed by atoms with van der Waals surface area (Å²) >= 11 is 0. The molecule has 7 nitrogen and oxygen atoms in total. The molecular weight excluding hydrogens is 300 g/mol. The van der Waals surface area contributed by atoms with Crippen LogP contribution in [0.1, 0.15) is 12.7 Å². The number of rotatable bonds is 5. The third kappa shape index (κ3) is 3.63. The molecule has 2 rings (SSSR count). The van der Waals surface area contributed by atoms with E-state index in [1.54, 1.807) is 31.2 Å². The van der Waals surface area contributed by atoms with E-state index >= 15 is 0 Å². The molecule has 2 aromatic rings. The number of nitro groups is 1. The van der Waals surface area contributed by atoms with E-state index in [4.69, 9.17) is 14.4 Å². The zero-order chi connectivity index (χ0) is 16.8. The monoisotopic (exact) mass is 312 g/mol. The Morgan fingerprint density at radius 2 is 2.13 bits per heavy atom. The van der Waals surface area contributed by atoms with Crippen LogP contribution in [0.25, 0.3) is 17.4 Å². The van der Waals surface area contributed by atoms with Crippen LogP contribution in [0.4, 0.5) is 5.69 Å². The molecule has 0 bridgehead atoms. The van der Waals surface area contributed by atoms with Crippen LogP contribution in [0, 0.1) is 21.4 Å². The first-order valence-electron chi connectivity index (χ1n) is 6.69. The van der Waals surface area contributed by atoms with Gasteiger partial charge in [0.1, 0.15) is 23.2 Å². The number of hydrogen-bond donors (Lipinski definition) is 0. The molecule has 0 N–H and O–H groups in total. The van der Waals surface area contributed by atoms with Gasteiger partial charge in [0.2, 0.25) is 0 Å². The molecule has 1 heterocycles. The number of benzene rings is 1. The van der Waals surface area contributed by atoms with Gasteiger partial charge >= 0.3 is 5.97 Å². The summed E-state index contributed by atoms with van der Waals surface area (Å²) in [6.07, 6.45) is 1.23. The van der Waals surface area contributed by atoms with Crippen LogP contribution < -0.4 is 0 Å². The van der Waals surface area contributed by atoms with Crippen molar-refractivity contribution in [2.45, 2.75) is 6.92 Å². The van der Waals surface area contributed by atoms with Crippen LogP contribution in [0.2, 0.25) is 0 Å². The molecule has 116 valence electrons. The number of hydrogen-bond acceptors (Lipinski definition) is 6. The average Bonchev–Trinajstić information content (AvgIpc) is 3.01. The van der Waals surface area contributed by atoms with E-state index in [1.165, 1.54) is 24.3 Å². The van der Waals surface area contributed by atoms with Crippen LogP contribution in [-0.4, -0.2) is 17.5 Å². The maximum atomic E-state index is 11.6. The molecule has 0 atom stereocenters. The zero-order valence-corrected chi connectivity index (χ0v) is 12.2. The quantitative estimate of drug-likeness (QED) is 0.275. The number of nitrogens with zero attached hydrogens (tertiary/aromatic N) is 2. The second kappa shape index (κ2) is 7.04. The summed E-state index contributed by atoms with van der Waals surface area (Å²) in [5.41, 5.74) is 0.00498. The summed E-state index contributed by atoms with van der Waals surface area (Å²) in [5.74, 6) is -0.258. The molecule has 0 amide bonds. The maximum absolute atomic E-state index is 11.6. The molecule has 0 aliphatic rings. The standard InChI is InChI=1S/C16H12N2O5/c1-2-22-16(19)11(10-17)9-12-7-8-15(23-12)13-5-3-4-6-14(13)18(20)21/h3-9H,2H2,1H3/b11-9-. The third-order valence-corrected chi connectivity index (χ3v) is 2.90. The third-order valence-electron chi connectivity index (χ3n) is 2.90. The Labute approximate surface area is 131 Å². The van der Waals surface area contributed by atoms with Crippen molar-refractivity contribution in [1.29, 1.82) is 5.26 Å². The van der Waals surface area contributed by atoms with E-state index in [-0.39, 0.29) is 29.4 Å². The van der Waals surface area contributed by atoms with Gasteiger partial charge in [0.05, 0.1) is 17.1 Å². The SMILES string of the molecule is CCOC(=O)/C(C#N)=C\c1ccc(-c2ccccc2[N+](=O)[O-])o1. The van der Waals surface area contributed by atoms with Crippen LogP contribution in [0.15, 0.2) is 46.4 Å². The van der Waals surface area contributed by atoms with Gasteiger partial charge in [0.15, 0.2) is 0 Å². The number of nitriles is 1. The van der Waals surface area contributed by atoms with Crippen molar-refractivity contribution in [3.05, 3.63) is 57.8 Å². The Morgan fingerprint density at radius 3 is 2.78 bits per heavy atom. The predicted molar refractivity (Wildman–Crippen MR) is 81.0 cm³/mol. The molecule has 0 spiro atoms. The number of carbonyl (C=O) groups is 1. The van der Waals surface area contributed by atoms with E-state index in [0.29, 0.717) is 5.56 Å². The number of para-hydroxylation sites is 1. The second-order valence-electron chi connectivity index (χ2n) is 4.37. The molecular formula is C16H12N2O5. The summed E-state index contributed by atoms with van der Waals surface area (Å²) in [6.45, 7) is 1.78. The lowest BCUT2D eigenvalue weighted by atomic mass is 10.1. The molecule has 0 fully saturated rings. The summed E-state index contributed by atoms with van der Waals surface area (Å²) in [5, 5.41) is 20.0. The molecule has 1 aromatic carbocycles. The lowest BCUT2D eigenvalue weighted by molar-refractivity contribution is -0.384. The lowest BCUT2D eigenvalue weighted by Crippen LogP contribution is -2.05. The van der Waals surface area contributed by atoms with Crippen LogP contribution in [0.3, 0.4) is 0 Å². The summed E-state index contributed by atoms with van der Waals surface area (Å²) in [6, 6.07) is 10.9.